The molecule has 0 N–H and O–H groups in total. The molecule has 0 bridgehead atoms. The number of carbonyl (C=O) groups excluding carboxylic acids is 1. The number of rotatable bonds is 7. The number of carbonyl (C=O) groups is 1. The first-order chi connectivity index (χ1) is 12.6. The van der Waals surface area contributed by atoms with Crippen LogP contribution in [0, 0.1) is 6.92 Å². The lowest BCUT2D eigenvalue weighted by atomic mass is 10.2. The van der Waals surface area contributed by atoms with Crippen molar-refractivity contribution in [2.45, 2.75) is 13.3 Å². The van der Waals surface area contributed by atoms with E-state index in [2.05, 4.69) is 4.98 Å². The van der Waals surface area contributed by atoms with Gasteiger partial charge in [0.2, 0.25) is 5.89 Å². The van der Waals surface area contributed by atoms with Crippen LogP contribution in [0.1, 0.15) is 22.7 Å². The molecule has 26 heavy (non-hydrogen) atoms. The molecule has 0 radical (unpaired) electrons. The summed E-state index contributed by atoms with van der Waals surface area (Å²) in [5.41, 5.74) is 1.01. The zero-order valence-electron chi connectivity index (χ0n) is 14.3. The van der Waals surface area contributed by atoms with Gasteiger partial charge in [-0.1, -0.05) is 29.8 Å². The van der Waals surface area contributed by atoms with Gasteiger partial charge < -0.3 is 13.9 Å². The first kappa shape index (κ1) is 18.0. The molecule has 6 heteroatoms. The molecule has 3 aromatic rings. The second-order valence-electron chi connectivity index (χ2n) is 5.58. The van der Waals surface area contributed by atoms with Crippen LogP contribution < -0.4 is 4.74 Å². The van der Waals surface area contributed by atoms with Gasteiger partial charge in [0.05, 0.1) is 13.2 Å². The van der Waals surface area contributed by atoms with Crippen LogP contribution in [0.15, 0.2) is 59.0 Å². The lowest BCUT2D eigenvalue weighted by molar-refractivity contribution is 0.0478. The number of hydrogen-bond donors (Lipinski definition) is 0. The highest BCUT2D eigenvalue weighted by Crippen LogP contribution is 2.22. The zero-order valence-corrected chi connectivity index (χ0v) is 15.0. The molecule has 1 aromatic heterocycles. The van der Waals surface area contributed by atoms with Crippen molar-refractivity contribution >= 4 is 17.6 Å². The van der Waals surface area contributed by atoms with Crippen molar-refractivity contribution in [3.63, 3.8) is 0 Å². The van der Waals surface area contributed by atoms with Crippen LogP contribution in [0.4, 0.5) is 0 Å². The van der Waals surface area contributed by atoms with Gasteiger partial charge in [-0.25, -0.2) is 9.78 Å². The molecule has 0 aliphatic rings. The first-order valence-corrected chi connectivity index (χ1v) is 8.59. The Balaban J connectivity index is 1.48. The largest absolute Gasteiger partial charge is 0.493 e. The van der Waals surface area contributed by atoms with Crippen LogP contribution in [0.5, 0.6) is 5.75 Å². The van der Waals surface area contributed by atoms with Crippen LogP contribution in [0.3, 0.4) is 0 Å². The second-order valence-corrected chi connectivity index (χ2v) is 6.02. The third-order valence-electron chi connectivity index (χ3n) is 3.61. The van der Waals surface area contributed by atoms with Gasteiger partial charge in [0.1, 0.15) is 11.5 Å². The normalized spacial score (nSPS) is 10.5. The van der Waals surface area contributed by atoms with E-state index in [4.69, 9.17) is 25.5 Å². The average molecular weight is 372 g/mol. The molecule has 3 rings (SSSR count). The molecule has 0 atom stereocenters. The van der Waals surface area contributed by atoms with E-state index in [0.717, 1.165) is 11.3 Å². The number of oxazole rings is 1. The van der Waals surface area contributed by atoms with E-state index in [1.165, 1.54) is 0 Å². The smallest absolute Gasteiger partial charge is 0.360 e. The van der Waals surface area contributed by atoms with Gasteiger partial charge in [-0.05, 0) is 43.3 Å². The highest BCUT2D eigenvalue weighted by molar-refractivity contribution is 6.30. The quantitative estimate of drug-likeness (QED) is 0.435. The van der Waals surface area contributed by atoms with Crippen molar-refractivity contribution in [1.29, 1.82) is 0 Å². The Hall–Kier alpha value is -2.79. The maximum absolute atomic E-state index is 12.2. The Morgan fingerprint density at radius 2 is 1.81 bits per heavy atom. The number of benzene rings is 2. The number of aromatic nitrogens is 1. The van der Waals surface area contributed by atoms with Crippen LogP contribution in [-0.4, -0.2) is 24.2 Å². The molecule has 1 heterocycles. The van der Waals surface area contributed by atoms with Crippen molar-refractivity contribution in [2.75, 3.05) is 13.2 Å². The molecule has 0 aliphatic carbocycles. The van der Waals surface area contributed by atoms with Gasteiger partial charge in [0.25, 0.3) is 0 Å². The highest BCUT2D eigenvalue weighted by Gasteiger charge is 2.19. The summed E-state index contributed by atoms with van der Waals surface area (Å²) in [4.78, 5) is 16.4. The number of aryl methyl sites for hydroxylation is 1. The molecule has 0 spiro atoms. The monoisotopic (exact) mass is 371 g/mol. The summed E-state index contributed by atoms with van der Waals surface area (Å²) in [6, 6.07) is 16.5. The molecule has 0 saturated carbocycles. The van der Waals surface area contributed by atoms with E-state index < -0.39 is 5.97 Å². The van der Waals surface area contributed by atoms with E-state index in [-0.39, 0.29) is 12.3 Å². The Labute approximate surface area is 156 Å². The summed E-state index contributed by atoms with van der Waals surface area (Å²) in [7, 11) is 0. The first-order valence-electron chi connectivity index (χ1n) is 8.22. The van der Waals surface area contributed by atoms with Crippen molar-refractivity contribution in [3.05, 3.63) is 71.1 Å². The summed E-state index contributed by atoms with van der Waals surface area (Å²) in [5.74, 6) is 1.06. The van der Waals surface area contributed by atoms with Crippen LogP contribution in [-0.2, 0) is 4.74 Å². The zero-order chi connectivity index (χ0) is 18.4. The molecule has 0 aliphatic heterocycles. The second kappa shape index (κ2) is 8.54. The summed E-state index contributed by atoms with van der Waals surface area (Å²) >= 11 is 5.82. The number of nitrogens with zero attached hydrogens (tertiary/aromatic N) is 1. The maximum atomic E-state index is 12.2. The van der Waals surface area contributed by atoms with Gasteiger partial charge in [0.15, 0.2) is 5.69 Å². The standard InChI is InChI=1S/C20H18ClNO4/c1-14-18(22-19(26-14)15-6-3-2-4-7-15)20(23)25-13-5-12-24-17-10-8-16(21)9-11-17/h2-4,6-11H,5,12-13H2,1H3. The molecular weight excluding hydrogens is 354 g/mol. The molecular formula is C20H18ClNO4. The fourth-order valence-corrected chi connectivity index (χ4v) is 2.43. The number of halogens is 1. The Bertz CT molecular complexity index is 859. The lowest BCUT2D eigenvalue weighted by Gasteiger charge is -2.06. The minimum absolute atomic E-state index is 0.197. The molecule has 5 nitrogen and oxygen atoms in total. The third kappa shape index (κ3) is 4.64. The summed E-state index contributed by atoms with van der Waals surface area (Å²) < 4.78 is 16.4. The Morgan fingerprint density at radius 3 is 2.54 bits per heavy atom. The van der Waals surface area contributed by atoms with E-state index in [9.17, 15) is 4.79 Å². The average Bonchev–Trinajstić information content (AvgIpc) is 3.05. The third-order valence-corrected chi connectivity index (χ3v) is 3.87. The number of esters is 1. The van der Waals surface area contributed by atoms with Gasteiger partial charge >= 0.3 is 5.97 Å². The van der Waals surface area contributed by atoms with E-state index in [1.807, 2.05) is 30.3 Å². The molecule has 0 amide bonds. The molecule has 134 valence electrons. The van der Waals surface area contributed by atoms with Crippen molar-refractivity contribution in [1.82, 2.24) is 4.98 Å². The summed E-state index contributed by atoms with van der Waals surface area (Å²) in [5, 5.41) is 0.657. The van der Waals surface area contributed by atoms with Crippen LogP contribution >= 0.6 is 11.6 Å². The minimum atomic E-state index is -0.500. The maximum Gasteiger partial charge on any atom is 0.360 e. The van der Waals surface area contributed by atoms with Crippen LogP contribution in [0.25, 0.3) is 11.5 Å². The number of ether oxygens (including phenoxy) is 2. The summed E-state index contributed by atoms with van der Waals surface area (Å²) in [6.45, 7) is 2.36. The van der Waals surface area contributed by atoms with Crippen LogP contribution in [0.2, 0.25) is 5.02 Å². The molecule has 2 aromatic carbocycles. The lowest BCUT2D eigenvalue weighted by Crippen LogP contribution is -2.10. The predicted octanol–water partition coefficient (Wildman–Crippen LogP) is 4.93. The fraction of sp³-hybridized carbons (Fsp3) is 0.200. The van der Waals surface area contributed by atoms with Gasteiger partial charge in [-0.15, -0.1) is 0 Å². The van der Waals surface area contributed by atoms with E-state index in [0.29, 0.717) is 29.7 Å². The van der Waals surface area contributed by atoms with E-state index in [1.54, 1.807) is 31.2 Å². The highest BCUT2D eigenvalue weighted by atomic mass is 35.5. The molecule has 0 saturated heterocycles. The van der Waals surface area contributed by atoms with Crippen molar-refractivity contribution in [2.24, 2.45) is 0 Å². The Kier molecular flexibility index (Phi) is 5.92. The van der Waals surface area contributed by atoms with Gasteiger partial charge in [-0.3, -0.25) is 0 Å². The van der Waals surface area contributed by atoms with Gasteiger partial charge in [-0.2, -0.15) is 0 Å². The Morgan fingerprint density at radius 1 is 1.08 bits per heavy atom. The minimum Gasteiger partial charge on any atom is -0.493 e. The SMILES string of the molecule is Cc1oc(-c2ccccc2)nc1C(=O)OCCCOc1ccc(Cl)cc1. The van der Waals surface area contributed by atoms with Crippen molar-refractivity contribution in [3.8, 4) is 17.2 Å². The predicted molar refractivity (Wildman–Crippen MR) is 98.5 cm³/mol. The molecule has 0 fully saturated rings. The summed E-state index contributed by atoms with van der Waals surface area (Å²) in [6.07, 6.45) is 0.566. The fourth-order valence-electron chi connectivity index (χ4n) is 2.30. The topological polar surface area (TPSA) is 61.6 Å². The van der Waals surface area contributed by atoms with Gasteiger partial charge in [0, 0.05) is 17.0 Å². The van der Waals surface area contributed by atoms with Crippen molar-refractivity contribution < 1.29 is 18.7 Å². The van der Waals surface area contributed by atoms with E-state index >= 15 is 0 Å². The number of hydrogen-bond acceptors (Lipinski definition) is 5. The molecule has 0 unspecified atom stereocenters.